The van der Waals surface area contributed by atoms with Gasteiger partial charge >= 0.3 is 0 Å². The van der Waals surface area contributed by atoms with E-state index in [4.69, 9.17) is 0 Å². The van der Waals surface area contributed by atoms with Crippen molar-refractivity contribution in [3.05, 3.63) is 0 Å². The Morgan fingerprint density at radius 3 is 2.56 bits per heavy atom. The third-order valence-electron chi connectivity index (χ3n) is 1.94. The number of quaternary nitrogens is 1. The van der Waals surface area contributed by atoms with Gasteiger partial charge in [0, 0.05) is 0 Å². The molecule has 1 rings (SSSR count). The topological polar surface area (TPSA) is 0 Å². The van der Waals surface area contributed by atoms with Gasteiger partial charge in [-0.1, -0.05) is 4.51 Å². The minimum atomic E-state index is 0.253. The maximum Gasteiger partial charge on any atom is 0.128 e. The lowest BCUT2D eigenvalue weighted by atomic mass is 10.4. The fourth-order valence-corrected chi connectivity index (χ4v) is 2.24. The molecule has 1 heterocycles. The standard InChI is InChI=1S/C7H15IN/c1-7(8-2)6-9(3)4-5-9/h7H,2,4-6H2,1,3H3/q+1. The van der Waals surface area contributed by atoms with Crippen LogP contribution < -0.4 is 0 Å². The zero-order valence-corrected chi connectivity index (χ0v) is 8.39. The number of halogens is 1. The number of alkyl halides is 1. The van der Waals surface area contributed by atoms with E-state index in [1.807, 2.05) is 0 Å². The summed E-state index contributed by atoms with van der Waals surface area (Å²) in [5.74, 6) is 0. The highest BCUT2D eigenvalue weighted by atomic mass is 127. The van der Waals surface area contributed by atoms with E-state index in [-0.39, 0.29) is 20.7 Å². The van der Waals surface area contributed by atoms with Crippen LogP contribution in [0.2, 0.25) is 0 Å². The Morgan fingerprint density at radius 2 is 2.22 bits per heavy atom. The Balaban J connectivity index is 2.24. The minimum Gasteiger partial charge on any atom is -0.316 e. The third kappa shape index (κ3) is 2.34. The van der Waals surface area contributed by atoms with Crippen LogP contribution in [0.15, 0.2) is 0 Å². The number of likely N-dealkylation sites (N-methyl/N-ethyl adjacent to an activating group) is 1. The van der Waals surface area contributed by atoms with Crippen molar-refractivity contribution in [2.75, 3.05) is 26.7 Å². The molecule has 1 aliphatic heterocycles. The first-order valence-corrected chi connectivity index (χ1v) is 6.14. The van der Waals surface area contributed by atoms with Crippen molar-refractivity contribution in [1.29, 1.82) is 0 Å². The lowest BCUT2D eigenvalue weighted by Gasteiger charge is -2.13. The summed E-state index contributed by atoms with van der Waals surface area (Å²) in [6, 6.07) is 0. The minimum absolute atomic E-state index is 0.253. The van der Waals surface area contributed by atoms with Crippen LogP contribution in [0.3, 0.4) is 0 Å². The molecule has 1 fully saturated rings. The molecule has 0 saturated carbocycles. The van der Waals surface area contributed by atoms with Crippen LogP contribution in [0.1, 0.15) is 6.92 Å². The summed E-state index contributed by atoms with van der Waals surface area (Å²) in [5.41, 5.74) is 0. The molecule has 0 N–H and O–H groups in total. The molecule has 1 unspecified atom stereocenters. The average Bonchev–Trinajstić information content (AvgIpc) is 2.48. The lowest BCUT2D eigenvalue weighted by Crippen LogP contribution is -2.26. The fourth-order valence-electron chi connectivity index (χ4n) is 1.01. The Labute approximate surface area is 67.4 Å². The first-order valence-electron chi connectivity index (χ1n) is 3.37. The molecular weight excluding hydrogens is 225 g/mol. The maximum atomic E-state index is 4.00. The van der Waals surface area contributed by atoms with E-state index in [0.717, 1.165) is 3.92 Å². The Kier molecular flexibility index (Phi) is 2.27. The monoisotopic (exact) mass is 240 g/mol. The summed E-state index contributed by atoms with van der Waals surface area (Å²) < 4.78 is 6.25. The molecule has 2 heteroatoms. The molecular formula is C7H15IN+. The van der Waals surface area contributed by atoms with E-state index in [2.05, 4.69) is 18.5 Å². The molecule has 0 spiro atoms. The molecule has 0 radical (unpaired) electrons. The zero-order chi connectivity index (χ0) is 6.91. The van der Waals surface area contributed by atoms with Crippen LogP contribution in [-0.2, 0) is 0 Å². The Hall–Kier alpha value is 0.560. The van der Waals surface area contributed by atoms with Gasteiger partial charge in [-0.2, -0.15) is 0 Å². The molecule has 0 bridgehead atoms. The quantitative estimate of drug-likeness (QED) is 0.301. The van der Waals surface area contributed by atoms with Crippen molar-refractivity contribution in [3.63, 3.8) is 0 Å². The number of rotatable bonds is 3. The van der Waals surface area contributed by atoms with Gasteiger partial charge in [-0.25, -0.2) is 0 Å². The van der Waals surface area contributed by atoms with Gasteiger partial charge in [0.2, 0.25) is 0 Å². The molecule has 0 aromatic rings. The summed E-state index contributed by atoms with van der Waals surface area (Å²) in [5, 5.41) is 0. The van der Waals surface area contributed by atoms with Gasteiger partial charge < -0.3 is 4.48 Å². The second-order valence-corrected chi connectivity index (χ2v) is 6.19. The summed E-state index contributed by atoms with van der Waals surface area (Å²) in [6.07, 6.45) is 0. The predicted octanol–water partition coefficient (Wildman–Crippen LogP) is 1.24. The highest BCUT2D eigenvalue weighted by Gasteiger charge is 2.37. The molecule has 0 amide bonds. The molecule has 1 atom stereocenters. The summed E-state index contributed by atoms with van der Waals surface area (Å²) >= 11 is 0.253. The van der Waals surface area contributed by atoms with Crippen LogP contribution in [-0.4, -0.2) is 39.6 Å². The van der Waals surface area contributed by atoms with E-state index in [0.29, 0.717) is 0 Å². The van der Waals surface area contributed by atoms with E-state index < -0.39 is 0 Å². The van der Waals surface area contributed by atoms with Crippen LogP contribution >= 0.6 is 20.7 Å². The first-order chi connectivity index (χ1) is 4.16. The summed E-state index contributed by atoms with van der Waals surface area (Å²) in [7, 11) is 2.34. The van der Waals surface area contributed by atoms with E-state index in [1.165, 1.54) is 24.1 Å². The number of hydrogen-bond acceptors (Lipinski definition) is 0. The van der Waals surface area contributed by atoms with Crippen molar-refractivity contribution in [1.82, 2.24) is 0 Å². The van der Waals surface area contributed by atoms with Crippen molar-refractivity contribution in [2.24, 2.45) is 0 Å². The fraction of sp³-hybridized carbons (Fsp3) is 0.857. The van der Waals surface area contributed by atoms with Gasteiger partial charge in [-0.3, -0.25) is 0 Å². The van der Waals surface area contributed by atoms with Crippen LogP contribution in [0, 0.1) is 0 Å². The van der Waals surface area contributed by atoms with Gasteiger partial charge in [-0.05, 0) is 6.92 Å². The largest absolute Gasteiger partial charge is 0.316 e. The second kappa shape index (κ2) is 2.66. The molecule has 0 aliphatic carbocycles. The maximum absolute atomic E-state index is 4.00. The van der Waals surface area contributed by atoms with Crippen molar-refractivity contribution >= 4 is 25.2 Å². The first kappa shape index (κ1) is 7.66. The van der Waals surface area contributed by atoms with Crippen molar-refractivity contribution in [2.45, 2.75) is 10.8 Å². The lowest BCUT2D eigenvalue weighted by molar-refractivity contribution is -0.775. The van der Waals surface area contributed by atoms with E-state index >= 15 is 0 Å². The SMILES string of the molecule is C=IC(C)C[N+]1(C)CC1. The molecule has 9 heavy (non-hydrogen) atoms. The average molecular weight is 240 g/mol. The highest BCUT2D eigenvalue weighted by Crippen LogP contribution is 2.21. The van der Waals surface area contributed by atoms with Gasteiger partial charge in [0.1, 0.15) is 13.1 Å². The molecule has 1 nitrogen and oxygen atoms in total. The van der Waals surface area contributed by atoms with Gasteiger partial charge in [-0.15, -0.1) is 20.7 Å². The molecule has 0 aromatic heterocycles. The second-order valence-electron chi connectivity index (χ2n) is 3.18. The van der Waals surface area contributed by atoms with Crippen LogP contribution in [0.25, 0.3) is 0 Å². The molecule has 1 aliphatic rings. The predicted molar refractivity (Wildman–Crippen MR) is 51.4 cm³/mol. The van der Waals surface area contributed by atoms with Gasteiger partial charge in [0.15, 0.2) is 0 Å². The van der Waals surface area contributed by atoms with E-state index in [9.17, 15) is 0 Å². The normalized spacial score (nSPS) is 25.6. The molecule has 0 aromatic carbocycles. The number of nitrogens with zero attached hydrogens (tertiary/aromatic N) is 1. The third-order valence-corrected chi connectivity index (χ3v) is 3.84. The zero-order valence-electron chi connectivity index (χ0n) is 6.23. The number of hydrogen-bond donors (Lipinski definition) is 0. The Morgan fingerprint density at radius 1 is 1.67 bits per heavy atom. The van der Waals surface area contributed by atoms with E-state index in [1.54, 1.807) is 0 Å². The van der Waals surface area contributed by atoms with Crippen molar-refractivity contribution < 1.29 is 4.48 Å². The highest BCUT2D eigenvalue weighted by molar-refractivity contribution is 14.2. The molecule has 1 saturated heterocycles. The summed E-state index contributed by atoms with van der Waals surface area (Å²) in [4.78, 5) is 0. The van der Waals surface area contributed by atoms with Crippen LogP contribution in [0.5, 0.6) is 0 Å². The summed E-state index contributed by atoms with van der Waals surface area (Å²) in [6.45, 7) is 6.54. The van der Waals surface area contributed by atoms with Crippen LogP contribution in [0.4, 0.5) is 0 Å². The Bertz CT molecular complexity index is 118. The molecule has 54 valence electrons. The van der Waals surface area contributed by atoms with Gasteiger partial charge in [0.05, 0.1) is 17.5 Å². The van der Waals surface area contributed by atoms with Gasteiger partial charge in [0.25, 0.3) is 0 Å². The van der Waals surface area contributed by atoms with Crippen molar-refractivity contribution in [3.8, 4) is 0 Å². The smallest absolute Gasteiger partial charge is 0.128 e.